The monoisotopic (exact) mass is 294 g/mol. The van der Waals surface area contributed by atoms with Gasteiger partial charge in [0, 0.05) is 6.54 Å². The Morgan fingerprint density at radius 1 is 1.00 bits per heavy atom. The van der Waals surface area contributed by atoms with Crippen LogP contribution in [0.15, 0.2) is 48.5 Å². The predicted molar refractivity (Wildman–Crippen MR) is 88.7 cm³/mol. The van der Waals surface area contributed by atoms with E-state index >= 15 is 0 Å². The zero-order chi connectivity index (χ0) is 15.9. The summed E-state index contributed by atoms with van der Waals surface area (Å²) in [4.78, 5) is 0. The molecule has 0 aliphatic heterocycles. The molecule has 1 atom stereocenters. The highest BCUT2D eigenvalue weighted by Gasteiger charge is 2.10. The van der Waals surface area contributed by atoms with E-state index in [1.165, 1.54) is 5.56 Å². The lowest BCUT2D eigenvalue weighted by Crippen LogP contribution is -2.19. The molecule has 114 valence electrons. The molecule has 0 aromatic heterocycles. The van der Waals surface area contributed by atoms with Gasteiger partial charge < -0.3 is 4.74 Å². The van der Waals surface area contributed by atoms with Gasteiger partial charge in [-0.3, -0.25) is 5.32 Å². The SMILES string of the molecule is COc1ccc(CNC(C#N)c2ccc(C(C)C)cc2)cc1. The van der Waals surface area contributed by atoms with E-state index in [-0.39, 0.29) is 6.04 Å². The molecule has 0 spiro atoms. The van der Waals surface area contributed by atoms with E-state index in [2.05, 4.69) is 37.4 Å². The Morgan fingerprint density at radius 2 is 1.59 bits per heavy atom. The van der Waals surface area contributed by atoms with Gasteiger partial charge in [-0.15, -0.1) is 0 Å². The van der Waals surface area contributed by atoms with Crippen molar-refractivity contribution in [3.05, 3.63) is 65.2 Å². The molecular formula is C19H22N2O. The highest BCUT2D eigenvalue weighted by Crippen LogP contribution is 2.19. The van der Waals surface area contributed by atoms with Crippen molar-refractivity contribution in [3.8, 4) is 11.8 Å². The standard InChI is InChI=1S/C19H22N2O/c1-14(2)16-6-8-17(9-7-16)19(12-20)21-13-15-4-10-18(22-3)11-5-15/h4-11,14,19,21H,13H2,1-3H3. The largest absolute Gasteiger partial charge is 0.497 e. The van der Waals surface area contributed by atoms with E-state index in [0.717, 1.165) is 16.9 Å². The van der Waals surface area contributed by atoms with Crippen molar-refractivity contribution in [1.29, 1.82) is 5.26 Å². The lowest BCUT2D eigenvalue weighted by atomic mass is 9.99. The second-order valence-electron chi connectivity index (χ2n) is 5.61. The predicted octanol–water partition coefficient (Wildman–Crippen LogP) is 4.17. The fraction of sp³-hybridized carbons (Fsp3) is 0.316. The zero-order valence-corrected chi connectivity index (χ0v) is 13.3. The number of benzene rings is 2. The van der Waals surface area contributed by atoms with Crippen molar-refractivity contribution in [2.45, 2.75) is 32.4 Å². The van der Waals surface area contributed by atoms with Gasteiger partial charge in [-0.25, -0.2) is 0 Å². The highest BCUT2D eigenvalue weighted by atomic mass is 16.5. The molecule has 1 unspecified atom stereocenters. The van der Waals surface area contributed by atoms with E-state index in [1.807, 2.05) is 36.4 Å². The Labute approximate surface area is 132 Å². The van der Waals surface area contributed by atoms with Gasteiger partial charge in [-0.2, -0.15) is 5.26 Å². The van der Waals surface area contributed by atoms with Crippen LogP contribution in [-0.2, 0) is 6.54 Å². The molecule has 0 heterocycles. The Morgan fingerprint density at radius 3 is 2.09 bits per heavy atom. The lowest BCUT2D eigenvalue weighted by molar-refractivity contribution is 0.414. The Balaban J connectivity index is 2.01. The van der Waals surface area contributed by atoms with E-state index in [4.69, 9.17) is 4.74 Å². The molecule has 0 aliphatic rings. The minimum absolute atomic E-state index is 0.302. The number of ether oxygens (including phenoxy) is 1. The summed E-state index contributed by atoms with van der Waals surface area (Å²) in [7, 11) is 1.65. The third-order valence-electron chi connectivity index (χ3n) is 3.73. The summed E-state index contributed by atoms with van der Waals surface area (Å²) >= 11 is 0. The molecule has 0 amide bonds. The number of methoxy groups -OCH3 is 1. The van der Waals surface area contributed by atoms with Gasteiger partial charge in [0.2, 0.25) is 0 Å². The zero-order valence-electron chi connectivity index (χ0n) is 13.3. The van der Waals surface area contributed by atoms with E-state index in [1.54, 1.807) is 7.11 Å². The number of hydrogen-bond acceptors (Lipinski definition) is 3. The molecule has 2 rings (SSSR count). The van der Waals surface area contributed by atoms with Crippen LogP contribution in [0.3, 0.4) is 0 Å². The molecule has 0 fully saturated rings. The van der Waals surface area contributed by atoms with Crippen LogP contribution in [-0.4, -0.2) is 7.11 Å². The van der Waals surface area contributed by atoms with E-state index in [0.29, 0.717) is 12.5 Å². The summed E-state index contributed by atoms with van der Waals surface area (Å²) in [6.07, 6.45) is 0. The first kappa shape index (κ1) is 16.1. The molecule has 0 radical (unpaired) electrons. The van der Waals surface area contributed by atoms with Gasteiger partial charge in [-0.05, 0) is 34.7 Å². The topological polar surface area (TPSA) is 45.0 Å². The van der Waals surface area contributed by atoms with Crippen LogP contribution < -0.4 is 10.1 Å². The molecule has 0 saturated carbocycles. The minimum Gasteiger partial charge on any atom is -0.497 e. The lowest BCUT2D eigenvalue weighted by Gasteiger charge is -2.13. The fourth-order valence-electron chi connectivity index (χ4n) is 2.27. The van der Waals surface area contributed by atoms with Crippen molar-refractivity contribution in [2.75, 3.05) is 7.11 Å². The molecule has 2 aromatic rings. The van der Waals surface area contributed by atoms with Crippen LogP contribution in [0.5, 0.6) is 5.75 Å². The van der Waals surface area contributed by atoms with Crippen LogP contribution in [0.4, 0.5) is 0 Å². The van der Waals surface area contributed by atoms with Crippen molar-refractivity contribution < 1.29 is 4.74 Å². The summed E-state index contributed by atoms with van der Waals surface area (Å²) < 4.78 is 5.14. The maximum Gasteiger partial charge on any atom is 0.121 e. The minimum atomic E-state index is -0.302. The van der Waals surface area contributed by atoms with Crippen molar-refractivity contribution in [3.63, 3.8) is 0 Å². The van der Waals surface area contributed by atoms with Gasteiger partial charge in [-0.1, -0.05) is 50.2 Å². The van der Waals surface area contributed by atoms with Crippen LogP contribution in [0, 0.1) is 11.3 Å². The number of rotatable bonds is 6. The smallest absolute Gasteiger partial charge is 0.121 e. The molecule has 0 bridgehead atoms. The van der Waals surface area contributed by atoms with Gasteiger partial charge in [0.15, 0.2) is 0 Å². The Kier molecular flexibility index (Phi) is 5.57. The number of hydrogen-bond donors (Lipinski definition) is 1. The number of nitriles is 1. The van der Waals surface area contributed by atoms with Crippen LogP contribution >= 0.6 is 0 Å². The van der Waals surface area contributed by atoms with Crippen molar-refractivity contribution in [2.24, 2.45) is 0 Å². The maximum atomic E-state index is 9.39. The van der Waals surface area contributed by atoms with Gasteiger partial charge in [0.05, 0.1) is 13.2 Å². The van der Waals surface area contributed by atoms with Crippen LogP contribution in [0.1, 0.15) is 42.5 Å². The average molecular weight is 294 g/mol. The molecular weight excluding hydrogens is 272 g/mol. The van der Waals surface area contributed by atoms with Gasteiger partial charge in [0.1, 0.15) is 11.8 Å². The summed E-state index contributed by atoms with van der Waals surface area (Å²) in [6.45, 7) is 4.98. The third kappa shape index (κ3) is 4.09. The van der Waals surface area contributed by atoms with Crippen molar-refractivity contribution in [1.82, 2.24) is 5.32 Å². The summed E-state index contributed by atoms with van der Waals surface area (Å²) in [6, 6.07) is 18.1. The molecule has 3 heteroatoms. The maximum absolute atomic E-state index is 9.39. The van der Waals surface area contributed by atoms with Gasteiger partial charge >= 0.3 is 0 Å². The molecule has 3 nitrogen and oxygen atoms in total. The summed E-state index contributed by atoms with van der Waals surface area (Å²) in [5, 5.41) is 12.7. The number of nitrogens with zero attached hydrogens (tertiary/aromatic N) is 1. The van der Waals surface area contributed by atoms with Crippen LogP contribution in [0.2, 0.25) is 0 Å². The van der Waals surface area contributed by atoms with E-state index in [9.17, 15) is 5.26 Å². The molecule has 0 saturated heterocycles. The van der Waals surface area contributed by atoms with Gasteiger partial charge in [0.25, 0.3) is 0 Å². The Hall–Kier alpha value is -2.31. The molecule has 0 aliphatic carbocycles. The number of nitrogens with one attached hydrogen (secondary N) is 1. The van der Waals surface area contributed by atoms with Crippen molar-refractivity contribution >= 4 is 0 Å². The first-order chi connectivity index (χ1) is 10.6. The fourth-order valence-corrected chi connectivity index (χ4v) is 2.27. The molecule has 2 aromatic carbocycles. The normalized spacial score (nSPS) is 12.0. The summed E-state index contributed by atoms with van der Waals surface area (Å²) in [5.41, 5.74) is 3.41. The highest BCUT2D eigenvalue weighted by molar-refractivity contribution is 5.31. The third-order valence-corrected chi connectivity index (χ3v) is 3.73. The average Bonchev–Trinajstić information content (AvgIpc) is 2.56. The second kappa shape index (κ2) is 7.63. The molecule has 22 heavy (non-hydrogen) atoms. The first-order valence-corrected chi connectivity index (χ1v) is 7.50. The van der Waals surface area contributed by atoms with Crippen LogP contribution in [0.25, 0.3) is 0 Å². The summed E-state index contributed by atoms with van der Waals surface area (Å²) in [5.74, 6) is 1.34. The van der Waals surface area contributed by atoms with E-state index < -0.39 is 0 Å². The first-order valence-electron chi connectivity index (χ1n) is 7.50. The Bertz CT molecular complexity index is 624. The second-order valence-corrected chi connectivity index (χ2v) is 5.61. The quantitative estimate of drug-likeness (QED) is 0.869. The molecule has 1 N–H and O–H groups in total.